The number of carboxylic acid groups (broad SMARTS) is 1. The fourth-order valence-electron chi connectivity index (χ4n) is 2.89. The summed E-state index contributed by atoms with van der Waals surface area (Å²) in [6, 6.07) is 0. The first-order valence-electron chi connectivity index (χ1n) is 7.29. The molecule has 2 rings (SSSR count). The molecule has 2 aliphatic heterocycles. The van der Waals surface area contributed by atoms with Gasteiger partial charge in [0.15, 0.2) is 0 Å². The normalized spacial score (nSPS) is 23.5. The summed E-state index contributed by atoms with van der Waals surface area (Å²) < 4.78 is 0. The van der Waals surface area contributed by atoms with Crippen LogP contribution in [0.4, 0.5) is 0 Å². The van der Waals surface area contributed by atoms with Gasteiger partial charge in [0.2, 0.25) is 5.91 Å². The SMILES string of the molecule is CC1CCN(CC(=O)N2CCC(C(=O)O)CC2)CC1. The number of nitrogens with zero attached hydrogens (tertiary/aromatic N) is 2. The summed E-state index contributed by atoms with van der Waals surface area (Å²) in [6.07, 6.45) is 3.54. The topological polar surface area (TPSA) is 60.9 Å². The Morgan fingerprint density at radius 1 is 1.05 bits per heavy atom. The van der Waals surface area contributed by atoms with Crippen LogP contribution < -0.4 is 0 Å². The molecule has 0 spiro atoms. The molecule has 0 saturated carbocycles. The van der Waals surface area contributed by atoms with Gasteiger partial charge in [-0.1, -0.05) is 6.92 Å². The quantitative estimate of drug-likeness (QED) is 0.831. The van der Waals surface area contributed by atoms with Crippen LogP contribution in [0.1, 0.15) is 32.6 Å². The third-order valence-corrected chi connectivity index (χ3v) is 4.43. The third kappa shape index (κ3) is 3.93. The van der Waals surface area contributed by atoms with E-state index in [4.69, 9.17) is 5.11 Å². The maximum atomic E-state index is 12.2. The fourth-order valence-corrected chi connectivity index (χ4v) is 2.89. The van der Waals surface area contributed by atoms with Crippen LogP contribution in [0.25, 0.3) is 0 Å². The Hall–Kier alpha value is -1.10. The van der Waals surface area contributed by atoms with Gasteiger partial charge in [0.1, 0.15) is 0 Å². The zero-order valence-electron chi connectivity index (χ0n) is 11.7. The van der Waals surface area contributed by atoms with Gasteiger partial charge >= 0.3 is 5.97 Å². The summed E-state index contributed by atoms with van der Waals surface area (Å²) in [5.74, 6) is -0.0481. The largest absolute Gasteiger partial charge is 0.481 e. The lowest BCUT2D eigenvalue weighted by atomic mass is 9.97. The lowest BCUT2D eigenvalue weighted by molar-refractivity contribution is -0.146. The summed E-state index contributed by atoms with van der Waals surface area (Å²) >= 11 is 0. The maximum Gasteiger partial charge on any atom is 0.306 e. The molecule has 2 aliphatic rings. The molecule has 0 aromatic carbocycles. The molecule has 1 amide bonds. The number of amides is 1. The lowest BCUT2D eigenvalue weighted by Gasteiger charge is -2.34. The Morgan fingerprint density at radius 3 is 2.16 bits per heavy atom. The predicted octanol–water partition coefficient (Wildman–Crippen LogP) is 1.04. The lowest BCUT2D eigenvalue weighted by Crippen LogP contribution is -2.46. The molecule has 5 nitrogen and oxygen atoms in total. The number of piperidine rings is 2. The van der Waals surface area contributed by atoms with E-state index in [0.717, 1.165) is 19.0 Å². The van der Waals surface area contributed by atoms with Crippen LogP contribution in [-0.2, 0) is 9.59 Å². The van der Waals surface area contributed by atoms with Crippen molar-refractivity contribution in [3.8, 4) is 0 Å². The second-order valence-electron chi connectivity index (χ2n) is 5.95. The van der Waals surface area contributed by atoms with E-state index in [0.29, 0.717) is 32.5 Å². The number of aliphatic carboxylic acids is 1. The van der Waals surface area contributed by atoms with Crippen LogP contribution in [0.15, 0.2) is 0 Å². The zero-order valence-corrected chi connectivity index (χ0v) is 11.7. The van der Waals surface area contributed by atoms with Gasteiger partial charge < -0.3 is 10.0 Å². The van der Waals surface area contributed by atoms with Crippen molar-refractivity contribution in [2.45, 2.75) is 32.6 Å². The highest BCUT2D eigenvalue weighted by Crippen LogP contribution is 2.19. The van der Waals surface area contributed by atoms with Crippen LogP contribution in [-0.4, -0.2) is 59.5 Å². The van der Waals surface area contributed by atoms with Gasteiger partial charge in [-0.2, -0.15) is 0 Å². The van der Waals surface area contributed by atoms with Gasteiger partial charge in [0.05, 0.1) is 12.5 Å². The van der Waals surface area contributed by atoms with Crippen molar-refractivity contribution in [3.63, 3.8) is 0 Å². The second kappa shape index (κ2) is 6.37. The van der Waals surface area contributed by atoms with E-state index < -0.39 is 5.97 Å². The summed E-state index contributed by atoms with van der Waals surface area (Å²) in [4.78, 5) is 27.1. The minimum atomic E-state index is -0.725. The van der Waals surface area contributed by atoms with Gasteiger partial charge in [-0.05, 0) is 44.7 Å². The van der Waals surface area contributed by atoms with Gasteiger partial charge in [0, 0.05) is 13.1 Å². The Kier molecular flexibility index (Phi) is 4.80. The zero-order chi connectivity index (χ0) is 13.8. The van der Waals surface area contributed by atoms with Gasteiger partial charge in [-0.25, -0.2) is 0 Å². The van der Waals surface area contributed by atoms with Crippen molar-refractivity contribution < 1.29 is 14.7 Å². The summed E-state index contributed by atoms with van der Waals surface area (Å²) in [5, 5.41) is 8.94. The molecule has 0 unspecified atom stereocenters. The van der Waals surface area contributed by atoms with Crippen molar-refractivity contribution in [1.29, 1.82) is 0 Å². The van der Waals surface area contributed by atoms with E-state index in [-0.39, 0.29) is 11.8 Å². The van der Waals surface area contributed by atoms with E-state index in [1.54, 1.807) is 0 Å². The van der Waals surface area contributed by atoms with E-state index >= 15 is 0 Å². The van der Waals surface area contributed by atoms with Crippen molar-refractivity contribution in [1.82, 2.24) is 9.80 Å². The van der Waals surface area contributed by atoms with E-state index in [1.807, 2.05) is 4.90 Å². The second-order valence-corrected chi connectivity index (χ2v) is 5.95. The van der Waals surface area contributed by atoms with Crippen molar-refractivity contribution in [2.24, 2.45) is 11.8 Å². The molecule has 1 N–H and O–H groups in total. The minimum absolute atomic E-state index is 0.165. The van der Waals surface area contributed by atoms with E-state index in [1.165, 1.54) is 12.8 Å². The summed E-state index contributed by atoms with van der Waals surface area (Å²) in [5.41, 5.74) is 0. The molecule has 108 valence electrons. The number of carbonyl (C=O) groups excluding carboxylic acids is 1. The van der Waals surface area contributed by atoms with Gasteiger partial charge in [-0.15, -0.1) is 0 Å². The average molecular weight is 268 g/mol. The molecule has 2 fully saturated rings. The van der Waals surface area contributed by atoms with Crippen molar-refractivity contribution in [2.75, 3.05) is 32.7 Å². The first-order valence-corrected chi connectivity index (χ1v) is 7.29. The molecular weight excluding hydrogens is 244 g/mol. The van der Waals surface area contributed by atoms with E-state index in [9.17, 15) is 9.59 Å². The smallest absolute Gasteiger partial charge is 0.306 e. The third-order valence-electron chi connectivity index (χ3n) is 4.43. The summed E-state index contributed by atoms with van der Waals surface area (Å²) in [7, 11) is 0. The molecule has 0 atom stereocenters. The molecule has 19 heavy (non-hydrogen) atoms. The average Bonchev–Trinajstić information content (AvgIpc) is 2.41. The van der Waals surface area contributed by atoms with Crippen molar-refractivity contribution in [3.05, 3.63) is 0 Å². The number of hydrogen-bond donors (Lipinski definition) is 1. The molecule has 0 bridgehead atoms. The minimum Gasteiger partial charge on any atom is -0.481 e. The van der Waals surface area contributed by atoms with Crippen LogP contribution in [0.2, 0.25) is 0 Å². The number of rotatable bonds is 3. The van der Waals surface area contributed by atoms with Gasteiger partial charge in [0.25, 0.3) is 0 Å². The first kappa shape index (κ1) is 14.3. The van der Waals surface area contributed by atoms with Crippen LogP contribution in [0.5, 0.6) is 0 Å². The van der Waals surface area contributed by atoms with Gasteiger partial charge in [-0.3, -0.25) is 14.5 Å². The standard InChI is InChI=1S/C14H24N2O3/c1-11-2-6-15(7-3-11)10-13(17)16-8-4-12(5-9-16)14(18)19/h11-12H,2-10H2,1H3,(H,18,19). The molecule has 0 aromatic rings. The highest BCUT2D eigenvalue weighted by atomic mass is 16.4. The molecule has 5 heteroatoms. The first-order chi connectivity index (χ1) is 9.06. The summed E-state index contributed by atoms with van der Waals surface area (Å²) in [6.45, 7) is 5.98. The Bertz CT molecular complexity index is 330. The number of hydrogen-bond acceptors (Lipinski definition) is 3. The predicted molar refractivity (Wildman–Crippen MR) is 71.8 cm³/mol. The molecule has 0 aromatic heterocycles. The van der Waals surface area contributed by atoms with Crippen molar-refractivity contribution >= 4 is 11.9 Å². The maximum absolute atomic E-state index is 12.2. The number of carboxylic acids is 1. The molecular formula is C14H24N2O3. The Labute approximate surface area is 114 Å². The molecule has 0 radical (unpaired) electrons. The Morgan fingerprint density at radius 2 is 1.63 bits per heavy atom. The Balaban J connectivity index is 1.74. The molecule has 2 saturated heterocycles. The number of likely N-dealkylation sites (tertiary alicyclic amines) is 2. The monoisotopic (exact) mass is 268 g/mol. The number of carbonyl (C=O) groups is 2. The molecule has 2 heterocycles. The van der Waals surface area contributed by atoms with Crippen LogP contribution >= 0.6 is 0 Å². The van der Waals surface area contributed by atoms with Crippen LogP contribution in [0.3, 0.4) is 0 Å². The highest BCUT2D eigenvalue weighted by molar-refractivity contribution is 5.79. The van der Waals surface area contributed by atoms with Crippen LogP contribution in [0, 0.1) is 11.8 Å². The van der Waals surface area contributed by atoms with E-state index in [2.05, 4.69) is 11.8 Å². The highest BCUT2D eigenvalue weighted by Gasteiger charge is 2.28. The molecule has 0 aliphatic carbocycles. The fraction of sp³-hybridized carbons (Fsp3) is 0.857.